The minimum Gasteiger partial charge on any atom is -0.380 e. The van der Waals surface area contributed by atoms with E-state index in [0.717, 1.165) is 25.3 Å². The fourth-order valence-electron chi connectivity index (χ4n) is 3.17. The van der Waals surface area contributed by atoms with Crippen LogP contribution in [0.5, 0.6) is 0 Å². The Morgan fingerprint density at radius 1 is 1.33 bits per heavy atom. The smallest absolute Gasteiger partial charge is 0.303 e. The van der Waals surface area contributed by atoms with Crippen LogP contribution >= 0.6 is 11.6 Å². The zero-order valence-corrected chi connectivity index (χ0v) is 15.5. The SMILES string of the molecule is COC1CCN(c2nn(-c3ccnc(C(C)(F)F)n3)c3cc(Cl)ncc23)C1. The summed E-state index contributed by atoms with van der Waals surface area (Å²) in [7, 11) is 1.68. The van der Waals surface area contributed by atoms with E-state index in [1.807, 2.05) is 0 Å². The van der Waals surface area contributed by atoms with Crippen molar-refractivity contribution in [1.82, 2.24) is 24.7 Å². The topological polar surface area (TPSA) is 69.0 Å². The highest BCUT2D eigenvalue weighted by atomic mass is 35.5. The number of pyridine rings is 1. The molecule has 1 aliphatic rings. The number of fused-ring (bicyclic) bond motifs is 1. The molecule has 0 saturated carbocycles. The zero-order valence-electron chi connectivity index (χ0n) is 14.7. The van der Waals surface area contributed by atoms with Gasteiger partial charge in [0.1, 0.15) is 5.15 Å². The molecule has 0 radical (unpaired) electrons. The standard InChI is InChI=1S/C17H17ClF2N6O/c1-17(19,20)16-21-5-3-14(23-16)26-12-7-13(18)22-8-11(12)15(24-26)25-6-4-10(9-25)27-2/h3,5,7-8,10H,4,6,9H2,1-2H3. The third-order valence-corrected chi connectivity index (χ3v) is 4.75. The van der Waals surface area contributed by atoms with Crippen molar-refractivity contribution in [1.29, 1.82) is 0 Å². The maximum atomic E-state index is 13.7. The number of hydrogen-bond acceptors (Lipinski definition) is 6. The molecule has 4 heterocycles. The maximum Gasteiger partial charge on any atom is 0.303 e. The van der Waals surface area contributed by atoms with Gasteiger partial charge in [-0.1, -0.05) is 11.6 Å². The van der Waals surface area contributed by atoms with Gasteiger partial charge >= 0.3 is 5.92 Å². The number of nitrogens with zero attached hydrogens (tertiary/aromatic N) is 6. The van der Waals surface area contributed by atoms with E-state index in [-0.39, 0.29) is 17.1 Å². The van der Waals surface area contributed by atoms with Gasteiger partial charge in [-0.25, -0.2) is 19.6 Å². The summed E-state index contributed by atoms with van der Waals surface area (Å²) in [5, 5.41) is 5.67. The molecule has 1 saturated heterocycles. The number of ether oxygens (including phenoxy) is 1. The van der Waals surface area contributed by atoms with Gasteiger partial charge in [0.2, 0.25) is 5.82 Å². The Labute approximate surface area is 158 Å². The summed E-state index contributed by atoms with van der Waals surface area (Å²) in [6.07, 6.45) is 3.93. The van der Waals surface area contributed by atoms with Crippen molar-refractivity contribution in [3.63, 3.8) is 0 Å². The van der Waals surface area contributed by atoms with Crippen LogP contribution in [0.25, 0.3) is 16.7 Å². The number of rotatable bonds is 4. The molecule has 3 aromatic heterocycles. The van der Waals surface area contributed by atoms with Crippen molar-refractivity contribution in [2.75, 3.05) is 25.1 Å². The van der Waals surface area contributed by atoms with Crippen molar-refractivity contribution in [2.24, 2.45) is 0 Å². The molecule has 0 bridgehead atoms. The average molecular weight is 395 g/mol. The number of anilines is 1. The Morgan fingerprint density at radius 3 is 2.85 bits per heavy atom. The van der Waals surface area contributed by atoms with Gasteiger partial charge in [-0.3, -0.25) is 0 Å². The molecule has 7 nitrogen and oxygen atoms in total. The predicted molar refractivity (Wildman–Crippen MR) is 96.7 cm³/mol. The molecule has 0 spiro atoms. The third-order valence-electron chi connectivity index (χ3n) is 4.54. The number of halogens is 3. The molecular formula is C17H17ClF2N6O. The fourth-order valence-corrected chi connectivity index (χ4v) is 3.32. The maximum absolute atomic E-state index is 13.7. The molecule has 1 fully saturated rings. The van der Waals surface area contributed by atoms with E-state index in [2.05, 4.69) is 25.0 Å². The second-order valence-electron chi connectivity index (χ2n) is 6.48. The molecule has 10 heteroatoms. The summed E-state index contributed by atoms with van der Waals surface area (Å²) in [4.78, 5) is 13.9. The first-order valence-corrected chi connectivity index (χ1v) is 8.78. The first-order chi connectivity index (χ1) is 12.9. The van der Waals surface area contributed by atoms with Crippen LogP contribution in [0.3, 0.4) is 0 Å². The molecule has 0 N–H and O–H groups in total. The number of aromatic nitrogens is 5. The van der Waals surface area contributed by atoms with E-state index in [1.54, 1.807) is 19.4 Å². The summed E-state index contributed by atoms with van der Waals surface area (Å²) < 4.78 is 34.2. The number of methoxy groups -OCH3 is 1. The van der Waals surface area contributed by atoms with Gasteiger partial charge in [-0.15, -0.1) is 5.10 Å². The van der Waals surface area contributed by atoms with Crippen LogP contribution in [0.15, 0.2) is 24.5 Å². The van der Waals surface area contributed by atoms with Crippen LogP contribution in [-0.4, -0.2) is 51.0 Å². The molecule has 1 aliphatic heterocycles. The number of hydrogen-bond donors (Lipinski definition) is 0. The van der Waals surface area contributed by atoms with E-state index in [1.165, 1.54) is 16.9 Å². The Kier molecular flexibility index (Phi) is 4.43. The molecule has 142 valence electrons. The zero-order chi connectivity index (χ0) is 19.2. The van der Waals surface area contributed by atoms with Crippen LogP contribution in [0.4, 0.5) is 14.6 Å². The quantitative estimate of drug-likeness (QED) is 0.633. The lowest BCUT2D eigenvalue weighted by molar-refractivity contribution is 0.00763. The molecule has 3 aromatic rings. The molecule has 0 aromatic carbocycles. The Bertz CT molecular complexity index is 989. The van der Waals surface area contributed by atoms with Gasteiger partial charge in [-0.05, 0) is 6.42 Å². The second-order valence-corrected chi connectivity index (χ2v) is 6.87. The van der Waals surface area contributed by atoms with Crippen LogP contribution in [0.1, 0.15) is 19.2 Å². The van der Waals surface area contributed by atoms with E-state index < -0.39 is 11.7 Å². The lowest BCUT2D eigenvalue weighted by Gasteiger charge is -2.15. The van der Waals surface area contributed by atoms with Gasteiger partial charge in [0.25, 0.3) is 0 Å². The molecule has 0 aliphatic carbocycles. The van der Waals surface area contributed by atoms with Gasteiger partial charge < -0.3 is 9.64 Å². The van der Waals surface area contributed by atoms with Crippen molar-refractivity contribution < 1.29 is 13.5 Å². The summed E-state index contributed by atoms with van der Waals surface area (Å²) in [6, 6.07) is 3.17. The molecule has 0 amide bonds. The number of alkyl halides is 2. The molecule has 1 unspecified atom stereocenters. The average Bonchev–Trinajstić information content (AvgIpc) is 3.25. The predicted octanol–water partition coefficient (Wildman–Crippen LogP) is 3.20. The van der Waals surface area contributed by atoms with Gasteiger partial charge in [0, 0.05) is 51.6 Å². The highest BCUT2D eigenvalue weighted by molar-refractivity contribution is 6.30. The van der Waals surface area contributed by atoms with Crippen LogP contribution < -0.4 is 4.90 Å². The fraction of sp³-hybridized carbons (Fsp3) is 0.412. The minimum atomic E-state index is -3.15. The first kappa shape index (κ1) is 18.0. The Balaban J connectivity index is 1.85. The summed E-state index contributed by atoms with van der Waals surface area (Å²) in [5.41, 5.74) is 0.634. The van der Waals surface area contributed by atoms with Gasteiger partial charge in [0.05, 0.1) is 17.0 Å². The van der Waals surface area contributed by atoms with E-state index in [9.17, 15) is 8.78 Å². The molecule has 4 rings (SSSR count). The Morgan fingerprint density at radius 2 is 2.15 bits per heavy atom. The monoisotopic (exact) mass is 394 g/mol. The van der Waals surface area contributed by atoms with E-state index in [4.69, 9.17) is 16.3 Å². The third kappa shape index (κ3) is 3.32. The van der Waals surface area contributed by atoms with Gasteiger partial charge in [0.15, 0.2) is 11.6 Å². The van der Waals surface area contributed by atoms with Gasteiger partial charge in [-0.2, -0.15) is 8.78 Å². The molecule has 1 atom stereocenters. The second kappa shape index (κ2) is 6.65. The Hall–Kier alpha value is -2.39. The van der Waals surface area contributed by atoms with Crippen molar-refractivity contribution >= 4 is 28.3 Å². The van der Waals surface area contributed by atoms with Crippen LogP contribution in [0, 0.1) is 0 Å². The van der Waals surface area contributed by atoms with Crippen molar-refractivity contribution in [2.45, 2.75) is 25.4 Å². The van der Waals surface area contributed by atoms with Crippen LogP contribution in [0.2, 0.25) is 5.15 Å². The first-order valence-electron chi connectivity index (χ1n) is 8.40. The highest BCUT2D eigenvalue weighted by Gasteiger charge is 2.30. The highest BCUT2D eigenvalue weighted by Crippen LogP contribution is 2.32. The lowest BCUT2D eigenvalue weighted by Crippen LogP contribution is -2.23. The molecule has 27 heavy (non-hydrogen) atoms. The van der Waals surface area contributed by atoms with Crippen molar-refractivity contribution in [3.05, 3.63) is 35.5 Å². The van der Waals surface area contributed by atoms with Crippen LogP contribution in [-0.2, 0) is 10.7 Å². The summed E-state index contributed by atoms with van der Waals surface area (Å²) in [6.45, 7) is 2.22. The normalized spacial score (nSPS) is 17.8. The summed E-state index contributed by atoms with van der Waals surface area (Å²) >= 11 is 6.06. The lowest BCUT2D eigenvalue weighted by atomic mass is 10.3. The molecular weight excluding hydrogens is 378 g/mol. The van der Waals surface area contributed by atoms with Crippen molar-refractivity contribution in [3.8, 4) is 5.82 Å². The minimum absolute atomic E-state index is 0.120. The van der Waals surface area contributed by atoms with E-state index in [0.29, 0.717) is 17.9 Å². The summed E-state index contributed by atoms with van der Waals surface area (Å²) in [5.74, 6) is -2.78. The largest absolute Gasteiger partial charge is 0.380 e. The van der Waals surface area contributed by atoms with E-state index >= 15 is 0 Å².